The molecule has 2 aliphatic carbocycles. The fraction of sp³-hybridized carbons (Fsp3) is 0.923. The van der Waals surface area contributed by atoms with Crippen molar-refractivity contribution in [2.24, 2.45) is 16.6 Å². The molecule has 0 atom stereocenters. The second kappa shape index (κ2) is 5.44. The van der Waals surface area contributed by atoms with Gasteiger partial charge < -0.3 is 5.73 Å². The van der Waals surface area contributed by atoms with Crippen LogP contribution in [0.15, 0.2) is 4.99 Å². The van der Waals surface area contributed by atoms with Gasteiger partial charge in [-0.15, -0.1) is 0 Å². The molecule has 0 aromatic heterocycles. The van der Waals surface area contributed by atoms with Gasteiger partial charge in [-0.1, -0.05) is 25.7 Å². The second-order valence-electron chi connectivity index (χ2n) is 5.32. The van der Waals surface area contributed by atoms with E-state index >= 15 is 0 Å². The summed E-state index contributed by atoms with van der Waals surface area (Å²) < 4.78 is 0.420. The summed E-state index contributed by atoms with van der Waals surface area (Å²) in [4.78, 5) is 4.70. The Labute approximate surface area is 103 Å². The van der Waals surface area contributed by atoms with Crippen molar-refractivity contribution in [1.29, 1.82) is 0 Å². The molecule has 0 aliphatic heterocycles. The van der Waals surface area contributed by atoms with Crippen molar-refractivity contribution < 1.29 is 0 Å². The third-order valence-corrected chi connectivity index (χ3v) is 5.67. The van der Waals surface area contributed by atoms with Crippen molar-refractivity contribution in [1.82, 2.24) is 0 Å². The molecule has 2 N–H and O–H groups in total. The molecule has 0 heterocycles. The monoisotopic (exact) mass is 240 g/mol. The first-order valence-corrected chi connectivity index (χ1v) is 7.83. The molecule has 2 rings (SSSR count). The highest BCUT2D eigenvalue weighted by molar-refractivity contribution is 8.00. The predicted octanol–water partition coefficient (Wildman–Crippen LogP) is 3.21. The van der Waals surface area contributed by atoms with Crippen LogP contribution in [0, 0.1) is 5.92 Å². The molecule has 2 nitrogen and oxygen atoms in total. The predicted molar refractivity (Wildman–Crippen MR) is 73.2 cm³/mol. The minimum Gasteiger partial charge on any atom is -0.387 e. The number of amidine groups is 1. The van der Waals surface area contributed by atoms with Gasteiger partial charge in [-0.05, 0) is 31.9 Å². The van der Waals surface area contributed by atoms with E-state index in [1.54, 1.807) is 0 Å². The van der Waals surface area contributed by atoms with Crippen molar-refractivity contribution >= 4 is 17.6 Å². The summed E-state index contributed by atoms with van der Waals surface area (Å²) in [5, 5.41) is 0. The van der Waals surface area contributed by atoms with Crippen LogP contribution in [0.25, 0.3) is 0 Å². The van der Waals surface area contributed by atoms with Crippen molar-refractivity contribution in [3.8, 4) is 0 Å². The van der Waals surface area contributed by atoms with E-state index in [2.05, 4.69) is 6.26 Å². The molecule has 0 radical (unpaired) electrons. The van der Waals surface area contributed by atoms with E-state index < -0.39 is 0 Å². The van der Waals surface area contributed by atoms with Crippen molar-refractivity contribution in [3.63, 3.8) is 0 Å². The van der Waals surface area contributed by atoms with Crippen LogP contribution in [0.3, 0.4) is 0 Å². The first-order chi connectivity index (χ1) is 7.76. The Morgan fingerprint density at radius 2 is 1.88 bits per heavy atom. The molecule has 0 amide bonds. The highest BCUT2D eigenvalue weighted by atomic mass is 32.2. The van der Waals surface area contributed by atoms with Gasteiger partial charge in [-0.2, -0.15) is 11.8 Å². The van der Waals surface area contributed by atoms with Gasteiger partial charge in [0.05, 0.1) is 12.4 Å². The van der Waals surface area contributed by atoms with E-state index in [1.165, 1.54) is 51.4 Å². The number of thioether (sulfide) groups is 1. The summed E-state index contributed by atoms with van der Waals surface area (Å²) in [6.45, 7) is 0.955. The molecule has 0 spiro atoms. The zero-order valence-corrected chi connectivity index (χ0v) is 11.2. The third kappa shape index (κ3) is 2.73. The standard InChI is InChI=1S/C13H24N2S/c1-16-13(8-4-5-9-13)10-15-12(14)11-6-2-3-7-11/h11H,2-10H2,1H3,(H2,14,15). The van der Waals surface area contributed by atoms with Crippen LogP contribution in [0.5, 0.6) is 0 Å². The largest absolute Gasteiger partial charge is 0.387 e. The molecule has 2 saturated carbocycles. The van der Waals surface area contributed by atoms with Gasteiger partial charge in [0.15, 0.2) is 0 Å². The molecule has 2 aliphatic rings. The van der Waals surface area contributed by atoms with E-state index in [9.17, 15) is 0 Å². The highest BCUT2D eigenvalue weighted by Crippen LogP contribution is 2.40. The maximum Gasteiger partial charge on any atom is 0.0969 e. The van der Waals surface area contributed by atoms with Gasteiger partial charge in [-0.25, -0.2) is 0 Å². The molecule has 0 saturated heterocycles. The Morgan fingerprint density at radius 1 is 1.25 bits per heavy atom. The lowest BCUT2D eigenvalue weighted by Crippen LogP contribution is -2.28. The fourth-order valence-electron chi connectivity index (χ4n) is 3.03. The number of aliphatic imine (C=N–C) groups is 1. The number of hydrogen-bond acceptors (Lipinski definition) is 2. The molecule has 0 bridgehead atoms. The van der Waals surface area contributed by atoms with E-state index in [4.69, 9.17) is 10.7 Å². The summed E-state index contributed by atoms with van der Waals surface area (Å²) in [5.74, 6) is 1.54. The highest BCUT2D eigenvalue weighted by Gasteiger charge is 2.33. The molecular formula is C13H24N2S. The number of nitrogens with two attached hydrogens (primary N) is 1. The fourth-order valence-corrected chi connectivity index (χ4v) is 3.92. The zero-order chi connectivity index (χ0) is 11.4. The number of rotatable bonds is 4. The van der Waals surface area contributed by atoms with Crippen LogP contribution in [0.2, 0.25) is 0 Å². The number of nitrogens with zero attached hydrogens (tertiary/aromatic N) is 1. The van der Waals surface area contributed by atoms with Gasteiger partial charge in [0, 0.05) is 10.7 Å². The summed E-state index contributed by atoms with van der Waals surface area (Å²) in [6.07, 6.45) is 12.9. The Morgan fingerprint density at radius 3 is 2.44 bits per heavy atom. The van der Waals surface area contributed by atoms with Crippen LogP contribution < -0.4 is 5.73 Å². The van der Waals surface area contributed by atoms with Gasteiger partial charge in [0.25, 0.3) is 0 Å². The maximum atomic E-state index is 6.11. The van der Waals surface area contributed by atoms with Gasteiger partial charge >= 0.3 is 0 Å². The molecule has 0 unspecified atom stereocenters. The van der Waals surface area contributed by atoms with E-state index in [1.807, 2.05) is 11.8 Å². The van der Waals surface area contributed by atoms with Crippen molar-refractivity contribution in [2.75, 3.05) is 12.8 Å². The lowest BCUT2D eigenvalue weighted by molar-refractivity contribution is 0.614. The van der Waals surface area contributed by atoms with Gasteiger partial charge in [0.1, 0.15) is 0 Å². The minimum atomic E-state index is 0.420. The smallest absolute Gasteiger partial charge is 0.0969 e. The van der Waals surface area contributed by atoms with Crippen LogP contribution in [-0.2, 0) is 0 Å². The van der Waals surface area contributed by atoms with E-state index in [0.717, 1.165) is 12.4 Å². The van der Waals surface area contributed by atoms with Gasteiger partial charge in [0.2, 0.25) is 0 Å². The van der Waals surface area contributed by atoms with E-state index in [0.29, 0.717) is 10.7 Å². The minimum absolute atomic E-state index is 0.420. The van der Waals surface area contributed by atoms with Crippen LogP contribution in [0.1, 0.15) is 51.4 Å². The first kappa shape index (κ1) is 12.3. The third-order valence-electron chi connectivity index (χ3n) is 4.27. The van der Waals surface area contributed by atoms with Crippen LogP contribution in [0.4, 0.5) is 0 Å². The average Bonchev–Trinajstić information content (AvgIpc) is 2.98. The molecule has 0 aromatic rings. The zero-order valence-electron chi connectivity index (χ0n) is 10.4. The topological polar surface area (TPSA) is 38.4 Å². The molecule has 2 fully saturated rings. The van der Waals surface area contributed by atoms with Crippen molar-refractivity contribution in [3.05, 3.63) is 0 Å². The Balaban J connectivity index is 1.90. The lowest BCUT2D eigenvalue weighted by Gasteiger charge is -2.25. The summed E-state index contributed by atoms with van der Waals surface area (Å²) in [5.41, 5.74) is 6.11. The van der Waals surface area contributed by atoms with Crippen LogP contribution in [-0.4, -0.2) is 23.4 Å². The maximum absolute atomic E-state index is 6.11. The lowest BCUT2D eigenvalue weighted by atomic mass is 10.1. The Hall–Kier alpha value is -0.180. The summed E-state index contributed by atoms with van der Waals surface area (Å²) in [7, 11) is 0. The van der Waals surface area contributed by atoms with E-state index in [-0.39, 0.29) is 0 Å². The summed E-state index contributed by atoms with van der Waals surface area (Å²) in [6, 6.07) is 0. The number of hydrogen-bond donors (Lipinski definition) is 1. The Bertz CT molecular complexity index is 251. The summed E-state index contributed by atoms with van der Waals surface area (Å²) >= 11 is 2.00. The SMILES string of the molecule is CSC1(CN=C(N)C2CCCC2)CCCC1. The quantitative estimate of drug-likeness (QED) is 0.605. The normalized spacial score (nSPS) is 26.4. The van der Waals surface area contributed by atoms with Crippen molar-refractivity contribution in [2.45, 2.75) is 56.1 Å². The van der Waals surface area contributed by atoms with Crippen LogP contribution >= 0.6 is 11.8 Å². The Kier molecular flexibility index (Phi) is 4.17. The molecule has 0 aromatic carbocycles. The molecule has 92 valence electrons. The second-order valence-corrected chi connectivity index (χ2v) is 6.59. The average molecular weight is 240 g/mol. The molecule has 16 heavy (non-hydrogen) atoms. The first-order valence-electron chi connectivity index (χ1n) is 6.61. The molecular weight excluding hydrogens is 216 g/mol. The van der Waals surface area contributed by atoms with Gasteiger partial charge in [-0.3, -0.25) is 4.99 Å². The molecule has 3 heteroatoms.